The van der Waals surface area contributed by atoms with Crippen LogP contribution in [0.25, 0.3) is 10.9 Å². The number of aromatic nitrogens is 1. The number of carbonyl (C=O) groups is 1. The molecular weight excluding hydrogens is 264 g/mol. The van der Waals surface area contributed by atoms with Gasteiger partial charge in [-0.3, -0.25) is 9.78 Å². The SMILES string of the molecule is COc1cc(C(=O)NC(C)C)c2nccc(C(C)C)c2c1. The fraction of sp³-hybridized carbons (Fsp3) is 0.412. The van der Waals surface area contributed by atoms with Crippen LogP contribution in [0.4, 0.5) is 0 Å². The first-order valence-electron chi connectivity index (χ1n) is 7.21. The lowest BCUT2D eigenvalue weighted by Crippen LogP contribution is -2.30. The first-order valence-corrected chi connectivity index (χ1v) is 7.21. The number of methoxy groups -OCH3 is 1. The van der Waals surface area contributed by atoms with E-state index in [-0.39, 0.29) is 11.9 Å². The van der Waals surface area contributed by atoms with Crippen LogP contribution in [0.2, 0.25) is 0 Å². The van der Waals surface area contributed by atoms with E-state index in [1.165, 1.54) is 0 Å². The first kappa shape index (κ1) is 15.3. The summed E-state index contributed by atoms with van der Waals surface area (Å²) < 4.78 is 5.35. The summed E-state index contributed by atoms with van der Waals surface area (Å²) in [7, 11) is 1.61. The lowest BCUT2D eigenvalue weighted by Gasteiger charge is -2.15. The van der Waals surface area contributed by atoms with Crippen molar-refractivity contribution in [3.63, 3.8) is 0 Å². The summed E-state index contributed by atoms with van der Waals surface area (Å²) in [4.78, 5) is 16.8. The number of ether oxygens (including phenoxy) is 1. The van der Waals surface area contributed by atoms with Gasteiger partial charge in [-0.25, -0.2) is 0 Å². The largest absolute Gasteiger partial charge is 0.497 e. The molecule has 0 saturated heterocycles. The monoisotopic (exact) mass is 286 g/mol. The van der Waals surface area contributed by atoms with Crippen LogP contribution < -0.4 is 10.1 Å². The number of pyridine rings is 1. The second kappa shape index (κ2) is 6.12. The normalized spacial score (nSPS) is 11.2. The third kappa shape index (κ3) is 3.15. The Morgan fingerprint density at radius 3 is 2.52 bits per heavy atom. The van der Waals surface area contributed by atoms with Crippen molar-refractivity contribution in [2.75, 3.05) is 7.11 Å². The molecule has 1 amide bonds. The molecule has 1 N–H and O–H groups in total. The summed E-state index contributed by atoms with van der Waals surface area (Å²) in [5, 5.41) is 3.89. The van der Waals surface area contributed by atoms with Crippen molar-refractivity contribution in [2.24, 2.45) is 0 Å². The van der Waals surface area contributed by atoms with Crippen LogP contribution >= 0.6 is 0 Å². The zero-order valence-corrected chi connectivity index (χ0v) is 13.2. The Hall–Kier alpha value is -2.10. The summed E-state index contributed by atoms with van der Waals surface area (Å²) in [6, 6.07) is 5.77. The van der Waals surface area contributed by atoms with Gasteiger partial charge in [0.2, 0.25) is 0 Å². The van der Waals surface area contributed by atoms with Gasteiger partial charge in [0.15, 0.2) is 0 Å². The lowest BCUT2D eigenvalue weighted by molar-refractivity contribution is 0.0944. The minimum Gasteiger partial charge on any atom is -0.497 e. The molecule has 112 valence electrons. The van der Waals surface area contributed by atoms with Crippen LogP contribution in [0, 0.1) is 0 Å². The minimum absolute atomic E-state index is 0.0760. The van der Waals surface area contributed by atoms with E-state index in [0.29, 0.717) is 17.2 Å². The van der Waals surface area contributed by atoms with Gasteiger partial charge in [0, 0.05) is 17.6 Å². The van der Waals surface area contributed by atoms with Gasteiger partial charge in [-0.05, 0) is 43.5 Å². The van der Waals surface area contributed by atoms with E-state index in [0.717, 1.165) is 16.5 Å². The maximum atomic E-state index is 12.4. The summed E-state index contributed by atoms with van der Waals surface area (Å²) in [5.41, 5.74) is 2.44. The van der Waals surface area contributed by atoms with Crippen molar-refractivity contribution in [2.45, 2.75) is 39.7 Å². The van der Waals surface area contributed by atoms with Gasteiger partial charge in [-0.15, -0.1) is 0 Å². The number of fused-ring (bicyclic) bond motifs is 1. The molecule has 0 saturated carbocycles. The maximum Gasteiger partial charge on any atom is 0.253 e. The van der Waals surface area contributed by atoms with E-state index in [2.05, 4.69) is 24.1 Å². The van der Waals surface area contributed by atoms with Crippen molar-refractivity contribution in [3.8, 4) is 5.75 Å². The smallest absolute Gasteiger partial charge is 0.253 e. The second-order valence-electron chi connectivity index (χ2n) is 5.75. The molecule has 0 aliphatic heterocycles. The van der Waals surface area contributed by atoms with Crippen molar-refractivity contribution in [3.05, 3.63) is 35.5 Å². The number of carbonyl (C=O) groups excluding carboxylic acids is 1. The van der Waals surface area contributed by atoms with Gasteiger partial charge in [0.25, 0.3) is 5.91 Å². The summed E-state index contributed by atoms with van der Waals surface area (Å²) >= 11 is 0. The van der Waals surface area contributed by atoms with E-state index >= 15 is 0 Å². The number of nitrogens with zero attached hydrogens (tertiary/aromatic N) is 1. The highest BCUT2D eigenvalue weighted by Crippen LogP contribution is 2.30. The molecule has 0 aliphatic rings. The van der Waals surface area contributed by atoms with E-state index in [1.807, 2.05) is 26.0 Å². The molecule has 1 aromatic heterocycles. The molecule has 1 heterocycles. The Balaban J connectivity index is 2.69. The predicted molar refractivity (Wildman–Crippen MR) is 85.0 cm³/mol. The van der Waals surface area contributed by atoms with Crippen molar-refractivity contribution >= 4 is 16.8 Å². The zero-order valence-electron chi connectivity index (χ0n) is 13.2. The molecule has 0 radical (unpaired) electrons. The molecule has 0 atom stereocenters. The number of hydrogen-bond acceptors (Lipinski definition) is 3. The molecule has 0 bridgehead atoms. The fourth-order valence-corrected chi connectivity index (χ4v) is 2.38. The molecule has 0 aliphatic carbocycles. The van der Waals surface area contributed by atoms with Gasteiger partial charge in [-0.2, -0.15) is 0 Å². The Morgan fingerprint density at radius 2 is 1.95 bits per heavy atom. The highest BCUT2D eigenvalue weighted by molar-refractivity contribution is 6.07. The standard InChI is InChI=1S/C17H22N2O2/c1-10(2)13-6-7-18-16-14(13)8-12(21-5)9-15(16)17(20)19-11(3)4/h6-11H,1-5H3,(H,19,20). The molecule has 4 heteroatoms. The van der Waals surface area contributed by atoms with Gasteiger partial charge >= 0.3 is 0 Å². The number of benzene rings is 1. The first-order chi connectivity index (χ1) is 9.93. The van der Waals surface area contributed by atoms with Crippen LogP contribution in [-0.2, 0) is 0 Å². The third-order valence-corrected chi connectivity index (χ3v) is 3.37. The highest BCUT2D eigenvalue weighted by Gasteiger charge is 2.17. The van der Waals surface area contributed by atoms with Gasteiger partial charge < -0.3 is 10.1 Å². The van der Waals surface area contributed by atoms with Crippen LogP contribution in [-0.4, -0.2) is 24.0 Å². The van der Waals surface area contributed by atoms with Crippen molar-refractivity contribution in [1.82, 2.24) is 10.3 Å². The molecule has 21 heavy (non-hydrogen) atoms. The van der Waals surface area contributed by atoms with Gasteiger partial charge in [-0.1, -0.05) is 13.8 Å². The molecule has 0 unspecified atom stereocenters. The van der Waals surface area contributed by atoms with Crippen LogP contribution in [0.5, 0.6) is 5.75 Å². The molecule has 2 aromatic rings. The zero-order chi connectivity index (χ0) is 15.6. The quantitative estimate of drug-likeness (QED) is 0.935. The summed E-state index contributed by atoms with van der Waals surface area (Å²) in [5.74, 6) is 0.900. The number of amides is 1. The lowest BCUT2D eigenvalue weighted by atomic mass is 9.96. The van der Waals surface area contributed by atoms with E-state index in [1.54, 1.807) is 19.4 Å². The van der Waals surface area contributed by atoms with Crippen molar-refractivity contribution < 1.29 is 9.53 Å². The summed E-state index contributed by atoms with van der Waals surface area (Å²) in [6.07, 6.45) is 1.76. The topological polar surface area (TPSA) is 51.2 Å². The van der Waals surface area contributed by atoms with Crippen molar-refractivity contribution in [1.29, 1.82) is 0 Å². The number of nitrogens with one attached hydrogen (secondary N) is 1. The molecular formula is C17H22N2O2. The Bertz CT molecular complexity index is 663. The molecule has 0 spiro atoms. The Kier molecular flexibility index (Phi) is 4.46. The molecule has 0 fully saturated rings. The Morgan fingerprint density at radius 1 is 1.24 bits per heavy atom. The van der Waals surface area contributed by atoms with Crippen LogP contribution in [0.15, 0.2) is 24.4 Å². The predicted octanol–water partition coefficient (Wildman–Crippen LogP) is 3.51. The van der Waals surface area contributed by atoms with E-state index in [9.17, 15) is 4.79 Å². The number of rotatable bonds is 4. The number of hydrogen-bond donors (Lipinski definition) is 1. The maximum absolute atomic E-state index is 12.4. The second-order valence-corrected chi connectivity index (χ2v) is 5.75. The minimum atomic E-state index is -0.123. The summed E-state index contributed by atoms with van der Waals surface area (Å²) in [6.45, 7) is 8.13. The highest BCUT2D eigenvalue weighted by atomic mass is 16.5. The van der Waals surface area contributed by atoms with E-state index in [4.69, 9.17) is 4.74 Å². The van der Waals surface area contributed by atoms with Crippen LogP contribution in [0.1, 0.15) is 49.5 Å². The molecule has 1 aromatic carbocycles. The molecule has 2 rings (SSSR count). The van der Waals surface area contributed by atoms with Gasteiger partial charge in [0.05, 0.1) is 18.2 Å². The average Bonchev–Trinajstić information content (AvgIpc) is 2.44. The third-order valence-electron chi connectivity index (χ3n) is 3.37. The van der Waals surface area contributed by atoms with Crippen LogP contribution in [0.3, 0.4) is 0 Å². The average molecular weight is 286 g/mol. The fourth-order valence-electron chi connectivity index (χ4n) is 2.38. The molecule has 4 nitrogen and oxygen atoms in total. The van der Waals surface area contributed by atoms with E-state index < -0.39 is 0 Å². The van der Waals surface area contributed by atoms with Gasteiger partial charge in [0.1, 0.15) is 5.75 Å². The Labute approximate surface area is 125 Å².